The van der Waals surface area contributed by atoms with Gasteiger partial charge < -0.3 is 4.98 Å². The van der Waals surface area contributed by atoms with Gasteiger partial charge in [-0.2, -0.15) is 0 Å². The van der Waals surface area contributed by atoms with Crippen molar-refractivity contribution in [1.29, 1.82) is 0 Å². The second kappa shape index (κ2) is 7.95. The number of imidazole rings is 1. The minimum absolute atomic E-state index is 0.0994. The highest BCUT2D eigenvalue weighted by molar-refractivity contribution is 6.31. The fourth-order valence-electron chi connectivity index (χ4n) is 4.77. The third-order valence-electron chi connectivity index (χ3n) is 6.39. The number of fused-ring (bicyclic) bond motifs is 2. The predicted molar refractivity (Wildman–Crippen MR) is 116 cm³/mol. The van der Waals surface area contributed by atoms with Crippen LogP contribution in [0.4, 0.5) is 8.78 Å². The quantitative estimate of drug-likeness (QED) is 0.384. The van der Waals surface area contributed by atoms with Crippen LogP contribution in [0.25, 0.3) is 21.9 Å². The van der Waals surface area contributed by atoms with Gasteiger partial charge in [0.15, 0.2) is 0 Å². The summed E-state index contributed by atoms with van der Waals surface area (Å²) in [7, 11) is 0. The minimum Gasteiger partial charge on any atom is -0.342 e. The molecule has 0 spiro atoms. The number of aromatic amines is 1. The minimum atomic E-state index is -0.429. The fraction of sp³-hybridized carbons (Fsp3) is 0.333. The van der Waals surface area contributed by atoms with Crippen molar-refractivity contribution in [3.8, 4) is 0 Å². The lowest BCUT2D eigenvalue weighted by Gasteiger charge is -2.29. The Bertz CT molecular complexity index is 1170. The lowest BCUT2D eigenvalue weighted by Crippen LogP contribution is -2.14. The third-order valence-corrected chi connectivity index (χ3v) is 6.68. The zero-order valence-electron chi connectivity index (χ0n) is 16.5. The number of pyridine rings is 1. The number of H-pyrrole nitrogens is 1. The molecule has 4 aromatic rings. The van der Waals surface area contributed by atoms with Crippen LogP contribution in [0, 0.1) is 17.6 Å². The molecule has 3 nitrogen and oxygen atoms in total. The summed E-state index contributed by atoms with van der Waals surface area (Å²) >= 11 is 5.85. The highest BCUT2D eigenvalue weighted by atomic mass is 35.5. The molecule has 0 aliphatic heterocycles. The van der Waals surface area contributed by atoms with Gasteiger partial charge in [0.2, 0.25) is 0 Å². The number of nitrogens with zero attached hydrogens (tertiary/aromatic N) is 2. The van der Waals surface area contributed by atoms with E-state index in [0.717, 1.165) is 55.3 Å². The predicted octanol–water partition coefficient (Wildman–Crippen LogP) is 6.95. The summed E-state index contributed by atoms with van der Waals surface area (Å²) in [6, 6.07) is 9.86. The highest BCUT2D eigenvalue weighted by Crippen LogP contribution is 2.39. The van der Waals surface area contributed by atoms with Crippen molar-refractivity contribution >= 4 is 33.5 Å². The number of hydrogen-bond donors (Lipinski definition) is 1. The number of halogens is 3. The van der Waals surface area contributed by atoms with Crippen molar-refractivity contribution in [3.05, 3.63) is 70.6 Å². The summed E-state index contributed by atoms with van der Waals surface area (Å²) in [5, 5.41) is 1.04. The summed E-state index contributed by atoms with van der Waals surface area (Å²) in [6.07, 6.45) is 8.21. The molecule has 1 aliphatic carbocycles. The van der Waals surface area contributed by atoms with E-state index in [1.54, 1.807) is 18.2 Å². The van der Waals surface area contributed by atoms with E-state index in [1.807, 2.05) is 12.3 Å². The first-order chi connectivity index (χ1) is 14.6. The Hall–Kier alpha value is -2.53. The van der Waals surface area contributed by atoms with Crippen LogP contribution in [0.2, 0.25) is 5.02 Å². The lowest BCUT2D eigenvalue weighted by atomic mass is 9.76. The van der Waals surface area contributed by atoms with E-state index in [9.17, 15) is 8.78 Å². The molecule has 1 N–H and O–H groups in total. The van der Waals surface area contributed by atoms with E-state index in [4.69, 9.17) is 11.6 Å². The van der Waals surface area contributed by atoms with Crippen molar-refractivity contribution in [3.63, 3.8) is 0 Å². The van der Waals surface area contributed by atoms with Crippen molar-refractivity contribution in [2.45, 2.75) is 44.4 Å². The third kappa shape index (κ3) is 3.79. The average molecular weight is 426 g/mol. The number of aryl methyl sites for hydroxylation is 1. The first-order valence-electron chi connectivity index (χ1n) is 10.4. The lowest BCUT2D eigenvalue weighted by molar-refractivity contribution is 0.310. The van der Waals surface area contributed by atoms with Crippen molar-refractivity contribution in [2.75, 3.05) is 0 Å². The molecule has 1 saturated carbocycles. The Balaban J connectivity index is 1.23. The Kier molecular flexibility index (Phi) is 5.15. The summed E-state index contributed by atoms with van der Waals surface area (Å²) in [5.41, 5.74) is 3.47. The van der Waals surface area contributed by atoms with E-state index in [0.29, 0.717) is 22.9 Å². The molecule has 0 unspecified atom stereocenters. The second-order valence-corrected chi connectivity index (χ2v) is 8.69. The van der Waals surface area contributed by atoms with E-state index in [1.165, 1.54) is 17.7 Å². The fourth-order valence-corrected chi connectivity index (χ4v) is 4.93. The number of aromatic nitrogens is 3. The molecule has 2 aromatic heterocycles. The van der Waals surface area contributed by atoms with Crippen LogP contribution in [0.15, 0.2) is 42.6 Å². The zero-order valence-corrected chi connectivity index (χ0v) is 17.2. The average Bonchev–Trinajstić information content (AvgIpc) is 3.14. The monoisotopic (exact) mass is 425 g/mol. The smallest absolute Gasteiger partial charge is 0.144 e. The molecule has 30 heavy (non-hydrogen) atoms. The molecule has 6 heteroatoms. The standard InChI is InChI=1S/C24H22ClF2N3/c25-19-12-22-23(13-20(19)27)30-24(29-22)8-3-14-1-4-15(5-2-14)17-9-10-28-21-7-6-16(26)11-18(17)21/h6-7,9-15H,1-5,8H2,(H,29,30). The van der Waals surface area contributed by atoms with Gasteiger partial charge in [0.05, 0.1) is 21.6 Å². The van der Waals surface area contributed by atoms with Gasteiger partial charge in [-0.1, -0.05) is 11.6 Å². The van der Waals surface area contributed by atoms with Gasteiger partial charge in [0.1, 0.15) is 17.5 Å². The van der Waals surface area contributed by atoms with Gasteiger partial charge in [-0.3, -0.25) is 4.98 Å². The van der Waals surface area contributed by atoms with Crippen molar-refractivity contribution in [1.82, 2.24) is 15.0 Å². The van der Waals surface area contributed by atoms with Crippen LogP contribution < -0.4 is 0 Å². The maximum absolute atomic E-state index is 13.8. The number of nitrogens with one attached hydrogen (secondary N) is 1. The largest absolute Gasteiger partial charge is 0.342 e. The van der Waals surface area contributed by atoms with Crippen LogP contribution in [0.3, 0.4) is 0 Å². The van der Waals surface area contributed by atoms with Crippen LogP contribution >= 0.6 is 11.6 Å². The summed E-state index contributed by atoms with van der Waals surface area (Å²) < 4.78 is 27.4. The molecule has 0 amide bonds. The molecule has 2 aromatic carbocycles. The topological polar surface area (TPSA) is 41.6 Å². The van der Waals surface area contributed by atoms with Crippen LogP contribution in [0.1, 0.15) is 49.4 Å². The van der Waals surface area contributed by atoms with Crippen LogP contribution in [0.5, 0.6) is 0 Å². The molecule has 0 saturated heterocycles. The molecule has 2 heterocycles. The number of hydrogen-bond acceptors (Lipinski definition) is 2. The van der Waals surface area contributed by atoms with Gasteiger partial charge >= 0.3 is 0 Å². The Morgan fingerprint density at radius 2 is 1.83 bits per heavy atom. The van der Waals surface area contributed by atoms with E-state index in [2.05, 4.69) is 15.0 Å². The first kappa shape index (κ1) is 19.4. The van der Waals surface area contributed by atoms with Gasteiger partial charge in [-0.25, -0.2) is 13.8 Å². The zero-order chi connectivity index (χ0) is 20.7. The second-order valence-electron chi connectivity index (χ2n) is 8.28. The molecular formula is C24H22ClF2N3. The van der Waals surface area contributed by atoms with Gasteiger partial charge in [-0.15, -0.1) is 0 Å². The summed E-state index contributed by atoms with van der Waals surface area (Å²) in [6.45, 7) is 0. The normalized spacial score (nSPS) is 19.6. The van der Waals surface area contributed by atoms with Crippen LogP contribution in [-0.4, -0.2) is 15.0 Å². The molecular weight excluding hydrogens is 404 g/mol. The maximum Gasteiger partial charge on any atom is 0.144 e. The van der Waals surface area contributed by atoms with E-state index < -0.39 is 5.82 Å². The van der Waals surface area contributed by atoms with Crippen LogP contribution in [-0.2, 0) is 6.42 Å². The highest BCUT2D eigenvalue weighted by Gasteiger charge is 2.24. The Morgan fingerprint density at radius 1 is 1.00 bits per heavy atom. The Morgan fingerprint density at radius 3 is 2.67 bits per heavy atom. The molecule has 5 rings (SSSR count). The SMILES string of the molecule is Fc1ccc2nccc(C3CCC(CCc4nc5cc(Cl)c(F)cc5[nH]4)CC3)c2c1. The first-order valence-corrected chi connectivity index (χ1v) is 10.8. The van der Waals surface area contributed by atoms with Crippen molar-refractivity contribution < 1.29 is 8.78 Å². The maximum atomic E-state index is 13.8. The Labute approximate surface area is 178 Å². The van der Waals surface area contributed by atoms with Gasteiger partial charge in [0.25, 0.3) is 0 Å². The molecule has 0 radical (unpaired) electrons. The molecule has 154 valence electrons. The summed E-state index contributed by atoms with van der Waals surface area (Å²) in [4.78, 5) is 12.1. The number of rotatable bonds is 4. The number of benzene rings is 2. The van der Waals surface area contributed by atoms with Crippen molar-refractivity contribution in [2.24, 2.45) is 5.92 Å². The molecule has 1 fully saturated rings. The van der Waals surface area contributed by atoms with Gasteiger partial charge in [-0.05, 0) is 79.8 Å². The molecule has 1 aliphatic rings. The van der Waals surface area contributed by atoms with E-state index >= 15 is 0 Å². The van der Waals surface area contributed by atoms with Gasteiger partial charge in [0, 0.05) is 24.1 Å². The molecule has 0 bridgehead atoms. The van der Waals surface area contributed by atoms with E-state index in [-0.39, 0.29) is 10.8 Å². The summed E-state index contributed by atoms with van der Waals surface area (Å²) in [5.74, 6) is 1.33. The molecule has 0 atom stereocenters.